The summed E-state index contributed by atoms with van der Waals surface area (Å²) in [4.78, 5) is 26.1. The van der Waals surface area contributed by atoms with Crippen molar-refractivity contribution < 1.29 is 9.59 Å². The van der Waals surface area contributed by atoms with E-state index in [0.717, 1.165) is 31.6 Å². The van der Waals surface area contributed by atoms with E-state index in [-0.39, 0.29) is 23.9 Å². The van der Waals surface area contributed by atoms with Crippen LogP contribution < -0.4 is 5.32 Å². The molecule has 2 aliphatic rings. The molecule has 1 saturated heterocycles. The summed E-state index contributed by atoms with van der Waals surface area (Å²) in [6, 6.07) is 0.169. The van der Waals surface area contributed by atoms with Crippen molar-refractivity contribution in [2.24, 2.45) is 5.92 Å². The highest BCUT2D eigenvalue weighted by Crippen LogP contribution is 2.34. The normalized spacial score (nSPS) is 24.8. The van der Waals surface area contributed by atoms with Crippen molar-refractivity contribution in [3.8, 4) is 0 Å². The fraction of sp³-hybridized carbons (Fsp3) is 0.875. The molecule has 1 heterocycles. The van der Waals surface area contributed by atoms with Crippen molar-refractivity contribution in [3.63, 3.8) is 0 Å². The smallest absolute Gasteiger partial charge is 0.247 e. The molecule has 4 nitrogen and oxygen atoms in total. The molecule has 0 aromatic rings. The van der Waals surface area contributed by atoms with Crippen LogP contribution in [0.1, 0.15) is 65.7 Å². The van der Waals surface area contributed by atoms with E-state index >= 15 is 0 Å². The third-order valence-corrected chi connectivity index (χ3v) is 4.74. The maximum Gasteiger partial charge on any atom is 0.247 e. The summed E-state index contributed by atoms with van der Waals surface area (Å²) >= 11 is 0. The van der Waals surface area contributed by atoms with Gasteiger partial charge < -0.3 is 5.32 Å². The summed E-state index contributed by atoms with van der Waals surface area (Å²) in [5, 5.41) is 3.44. The summed E-state index contributed by atoms with van der Waals surface area (Å²) in [6.07, 6.45) is 6.88. The Hall–Kier alpha value is -0.900. The van der Waals surface area contributed by atoms with Gasteiger partial charge in [-0.1, -0.05) is 33.6 Å². The van der Waals surface area contributed by atoms with Crippen molar-refractivity contribution in [2.75, 3.05) is 0 Å². The molecule has 114 valence electrons. The van der Waals surface area contributed by atoms with Gasteiger partial charge in [0.15, 0.2) is 0 Å². The number of nitrogens with zero attached hydrogens (tertiary/aromatic N) is 1. The SMILES string of the molecule is CCC(CC1CC1)NC1CC(=O)N(C(CC)CC)C1=O. The van der Waals surface area contributed by atoms with Gasteiger partial charge in [0, 0.05) is 12.1 Å². The lowest BCUT2D eigenvalue weighted by Crippen LogP contribution is -2.46. The second kappa shape index (κ2) is 6.70. The third-order valence-electron chi connectivity index (χ3n) is 4.74. The minimum Gasteiger partial charge on any atom is -0.303 e. The number of imide groups is 1. The number of carbonyl (C=O) groups is 2. The van der Waals surface area contributed by atoms with Crippen LogP contribution >= 0.6 is 0 Å². The van der Waals surface area contributed by atoms with Gasteiger partial charge >= 0.3 is 0 Å². The second-order valence-electron chi connectivity index (χ2n) is 6.28. The molecule has 0 aromatic carbocycles. The summed E-state index contributed by atoms with van der Waals surface area (Å²) in [5.74, 6) is 0.843. The molecule has 0 aromatic heterocycles. The van der Waals surface area contributed by atoms with E-state index in [9.17, 15) is 9.59 Å². The number of rotatable bonds is 8. The summed E-state index contributed by atoms with van der Waals surface area (Å²) in [6.45, 7) is 6.23. The predicted octanol–water partition coefficient (Wildman–Crippen LogP) is 2.47. The molecule has 1 aliphatic carbocycles. The molecule has 0 radical (unpaired) electrons. The van der Waals surface area contributed by atoms with Gasteiger partial charge in [0.1, 0.15) is 0 Å². The van der Waals surface area contributed by atoms with Gasteiger partial charge in [0.25, 0.3) is 0 Å². The molecule has 1 aliphatic heterocycles. The van der Waals surface area contributed by atoms with E-state index in [1.54, 1.807) is 0 Å². The number of amides is 2. The molecule has 2 fully saturated rings. The van der Waals surface area contributed by atoms with Crippen LogP contribution in [0.4, 0.5) is 0 Å². The van der Waals surface area contributed by atoms with E-state index < -0.39 is 0 Å². The van der Waals surface area contributed by atoms with E-state index in [2.05, 4.69) is 12.2 Å². The van der Waals surface area contributed by atoms with Gasteiger partial charge in [-0.3, -0.25) is 14.5 Å². The Balaban J connectivity index is 1.95. The van der Waals surface area contributed by atoms with Crippen LogP contribution in [-0.2, 0) is 9.59 Å². The lowest BCUT2D eigenvalue weighted by atomic mass is 10.1. The highest BCUT2D eigenvalue weighted by atomic mass is 16.2. The molecule has 1 saturated carbocycles. The topological polar surface area (TPSA) is 49.4 Å². The molecule has 2 rings (SSSR count). The summed E-state index contributed by atoms with van der Waals surface area (Å²) in [5.41, 5.74) is 0. The number of hydrogen-bond donors (Lipinski definition) is 1. The molecule has 1 N–H and O–H groups in total. The Bertz CT molecular complexity index is 361. The average Bonchev–Trinajstić information content (AvgIpc) is 3.21. The van der Waals surface area contributed by atoms with Crippen molar-refractivity contribution in [1.82, 2.24) is 10.2 Å². The van der Waals surface area contributed by atoms with E-state index in [0.29, 0.717) is 12.5 Å². The zero-order valence-corrected chi connectivity index (χ0v) is 13.0. The van der Waals surface area contributed by atoms with Gasteiger partial charge in [-0.2, -0.15) is 0 Å². The van der Waals surface area contributed by atoms with Crippen molar-refractivity contribution >= 4 is 11.8 Å². The summed E-state index contributed by atoms with van der Waals surface area (Å²) < 4.78 is 0. The highest BCUT2D eigenvalue weighted by molar-refractivity contribution is 6.05. The Morgan fingerprint density at radius 3 is 2.30 bits per heavy atom. The zero-order valence-electron chi connectivity index (χ0n) is 13.0. The number of nitrogens with one attached hydrogen (secondary N) is 1. The van der Waals surface area contributed by atoms with Crippen molar-refractivity contribution in [1.29, 1.82) is 0 Å². The molecular formula is C16H28N2O2. The van der Waals surface area contributed by atoms with Crippen LogP contribution in [0.15, 0.2) is 0 Å². The van der Waals surface area contributed by atoms with Crippen LogP contribution in [0.2, 0.25) is 0 Å². The molecule has 2 unspecified atom stereocenters. The molecular weight excluding hydrogens is 252 g/mol. The third kappa shape index (κ3) is 3.40. The minimum absolute atomic E-state index is 0.00190. The lowest BCUT2D eigenvalue weighted by Gasteiger charge is -2.25. The Kier molecular flexibility index (Phi) is 5.19. The van der Waals surface area contributed by atoms with Crippen LogP contribution in [0.5, 0.6) is 0 Å². The monoisotopic (exact) mass is 280 g/mol. The quantitative estimate of drug-likeness (QED) is 0.695. The molecule has 2 atom stereocenters. The molecule has 20 heavy (non-hydrogen) atoms. The fourth-order valence-corrected chi connectivity index (χ4v) is 3.21. The highest BCUT2D eigenvalue weighted by Gasteiger charge is 2.42. The van der Waals surface area contributed by atoms with Crippen LogP contribution in [0, 0.1) is 5.92 Å². The lowest BCUT2D eigenvalue weighted by molar-refractivity contribution is -0.141. The zero-order chi connectivity index (χ0) is 14.7. The average molecular weight is 280 g/mol. The standard InChI is InChI=1S/C16H28N2O2/c1-4-12(9-11-7-8-11)17-14-10-15(19)18(16(14)20)13(5-2)6-3/h11-14,17H,4-10H2,1-3H3. The number of hydrogen-bond acceptors (Lipinski definition) is 3. The number of carbonyl (C=O) groups excluding carboxylic acids is 2. The van der Waals surface area contributed by atoms with Gasteiger partial charge in [-0.15, -0.1) is 0 Å². The van der Waals surface area contributed by atoms with Gasteiger partial charge in [0.05, 0.1) is 12.5 Å². The van der Waals surface area contributed by atoms with E-state index in [4.69, 9.17) is 0 Å². The molecule has 0 bridgehead atoms. The maximum atomic E-state index is 12.5. The molecule has 2 amide bonds. The first-order valence-electron chi connectivity index (χ1n) is 8.22. The largest absolute Gasteiger partial charge is 0.303 e. The number of likely N-dealkylation sites (tertiary alicyclic amines) is 1. The van der Waals surface area contributed by atoms with E-state index in [1.807, 2.05) is 13.8 Å². The summed E-state index contributed by atoms with van der Waals surface area (Å²) in [7, 11) is 0. The Morgan fingerprint density at radius 2 is 1.80 bits per heavy atom. The van der Waals surface area contributed by atoms with Gasteiger partial charge in [-0.25, -0.2) is 0 Å². The van der Waals surface area contributed by atoms with Gasteiger partial charge in [0.2, 0.25) is 11.8 Å². The second-order valence-corrected chi connectivity index (χ2v) is 6.28. The fourth-order valence-electron chi connectivity index (χ4n) is 3.21. The maximum absolute atomic E-state index is 12.5. The van der Waals surface area contributed by atoms with Crippen molar-refractivity contribution in [2.45, 2.75) is 83.8 Å². The van der Waals surface area contributed by atoms with Gasteiger partial charge in [-0.05, 0) is 31.6 Å². The Labute approximate surface area is 122 Å². The van der Waals surface area contributed by atoms with Crippen LogP contribution in [0.25, 0.3) is 0 Å². The molecule has 4 heteroatoms. The van der Waals surface area contributed by atoms with E-state index in [1.165, 1.54) is 17.7 Å². The Morgan fingerprint density at radius 1 is 1.15 bits per heavy atom. The van der Waals surface area contributed by atoms with Crippen molar-refractivity contribution in [3.05, 3.63) is 0 Å². The first kappa shape index (κ1) is 15.5. The first-order valence-corrected chi connectivity index (χ1v) is 8.22. The minimum atomic E-state index is -0.285. The first-order chi connectivity index (χ1) is 9.60. The van der Waals surface area contributed by atoms with Crippen LogP contribution in [-0.4, -0.2) is 34.8 Å². The van der Waals surface area contributed by atoms with Crippen LogP contribution in [0.3, 0.4) is 0 Å². The molecule has 0 spiro atoms. The predicted molar refractivity (Wildman–Crippen MR) is 79.2 cm³/mol.